The fourth-order valence-corrected chi connectivity index (χ4v) is 2.16. The first-order valence-electron chi connectivity index (χ1n) is 7.08. The second-order valence-corrected chi connectivity index (χ2v) is 5.68. The Bertz CT molecular complexity index is 823. The molecule has 2 aromatic rings. The number of nitrogens with one attached hydrogen (secondary N) is 2. The van der Waals surface area contributed by atoms with Gasteiger partial charge in [-0.1, -0.05) is 0 Å². The molecular formula is C15H8F9N3S. The maximum Gasteiger partial charge on any atom is 0.433 e. The summed E-state index contributed by atoms with van der Waals surface area (Å²) in [6.07, 6.45) is -14.9. The van der Waals surface area contributed by atoms with Crippen molar-refractivity contribution in [3.63, 3.8) is 0 Å². The number of hydrogen-bond acceptors (Lipinski definition) is 2. The van der Waals surface area contributed by atoms with E-state index in [1.54, 1.807) is 0 Å². The fraction of sp³-hybridized carbons (Fsp3) is 0.200. The van der Waals surface area contributed by atoms with Crippen LogP contribution in [-0.2, 0) is 18.5 Å². The molecule has 0 fully saturated rings. The summed E-state index contributed by atoms with van der Waals surface area (Å²) in [7, 11) is 0. The third-order valence-corrected chi connectivity index (χ3v) is 3.34. The first-order valence-corrected chi connectivity index (χ1v) is 7.49. The van der Waals surface area contributed by atoms with Gasteiger partial charge in [-0.15, -0.1) is 0 Å². The standard InChI is InChI=1S/C15H8F9N3S/c16-13(17,18)7-1-3-8(4-2-7)25-12(28)26-9-5-10(14(19,20)21)27-11(6-9)15(22,23)24/h1-6H,(H2,25,26,27,28). The summed E-state index contributed by atoms with van der Waals surface area (Å²) in [5.74, 6) is 0. The van der Waals surface area contributed by atoms with Crippen molar-refractivity contribution in [2.75, 3.05) is 10.6 Å². The Morgan fingerprint density at radius 2 is 1.11 bits per heavy atom. The minimum absolute atomic E-state index is 0.0339. The minimum atomic E-state index is -5.14. The molecule has 152 valence electrons. The van der Waals surface area contributed by atoms with Crippen LogP contribution in [0, 0.1) is 0 Å². The number of hydrogen-bond donors (Lipinski definition) is 2. The van der Waals surface area contributed by atoms with Crippen LogP contribution in [0.4, 0.5) is 50.9 Å². The van der Waals surface area contributed by atoms with Crippen molar-refractivity contribution in [2.45, 2.75) is 18.5 Å². The van der Waals surface area contributed by atoms with Gasteiger partial charge in [0, 0.05) is 11.4 Å². The highest BCUT2D eigenvalue weighted by molar-refractivity contribution is 7.80. The molecule has 28 heavy (non-hydrogen) atoms. The average Bonchev–Trinajstić information content (AvgIpc) is 2.52. The van der Waals surface area contributed by atoms with E-state index >= 15 is 0 Å². The van der Waals surface area contributed by atoms with E-state index in [2.05, 4.69) is 15.6 Å². The topological polar surface area (TPSA) is 37.0 Å². The third kappa shape index (κ3) is 5.71. The highest BCUT2D eigenvalue weighted by Gasteiger charge is 2.39. The summed E-state index contributed by atoms with van der Waals surface area (Å²) in [5.41, 5.74) is -5.15. The Labute approximate surface area is 156 Å². The predicted molar refractivity (Wildman–Crippen MR) is 85.5 cm³/mol. The minimum Gasteiger partial charge on any atom is -0.332 e. The van der Waals surface area contributed by atoms with E-state index < -0.39 is 46.3 Å². The number of thiocarbonyl (C=S) groups is 1. The molecule has 13 heteroatoms. The molecule has 0 bridgehead atoms. The normalized spacial score (nSPS) is 12.6. The van der Waals surface area contributed by atoms with Crippen molar-refractivity contribution in [1.29, 1.82) is 0 Å². The van der Waals surface area contributed by atoms with Crippen LogP contribution in [0.25, 0.3) is 0 Å². The molecule has 1 aromatic heterocycles. The van der Waals surface area contributed by atoms with Gasteiger partial charge in [0.1, 0.15) is 11.4 Å². The summed E-state index contributed by atoms with van der Waals surface area (Å²) in [6, 6.07) is 4.06. The maximum absolute atomic E-state index is 12.8. The molecule has 2 N–H and O–H groups in total. The molecule has 0 aliphatic carbocycles. The zero-order valence-electron chi connectivity index (χ0n) is 13.2. The number of nitrogens with zero attached hydrogens (tertiary/aromatic N) is 1. The molecule has 0 saturated carbocycles. The third-order valence-electron chi connectivity index (χ3n) is 3.13. The van der Waals surface area contributed by atoms with Crippen LogP contribution < -0.4 is 10.6 Å². The van der Waals surface area contributed by atoms with E-state index in [-0.39, 0.29) is 5.69 Å². The molecule has 1 aromatic carbocycles. The molecule has 0 amide bonds. The number of anilines is 2. The molecule has 1 heterocycles. The summed E-state index contributed by atoms with van der Waals surface area (Å²) in [4.78, 5) is 2.54. The molecular weight excluding hydrogens is 425 g/mol. The zero-order chi connectivity index (χ0) is 21.3. The van der Waals surface area contributed by atoms with Gasteiger partial charge in [0.25, 0.3) is 0 Å². The van der Waals surface area contributed by atoms with E-state index in [4.69, 9.17) is 12.2 Å². The summed E-state index contributed by atoms with van der Waals surface area (Å²) in [6.45, 7) is 0. The van der Waals surface area contributed by atoms with E-state index in [1.807, 2.05) is 0 Å². The molecule has 0 atom stereocenters. The van der Waals surface area contributed by atoms with Crippen molar-refractivity contribution in [1.82, 2.24) is 4.98 Å². The quantitative estimate of drug-likeness (QED) is 0.454. The monoisotopic (exact) mass is 433 g/mol. The van der Waals surface area contributed by atoms with Crippen LogP contribution in [0.3, 0.4) is 0 Å². The van der Waals surface area contributed by atoms with Crippen LogP contribution in [0.5, 0.6) is 0 Å². The van der Waals surface area contributed by atoms with Gasteiger partial charge in [-0.2, -0.15) is 39.5 Å². The summed E-state index contributed by atoms with van der Waals surface area (Å²) >= 11 is 4.77. The molecule has 2 rings (SSSR count). The summed E-state index contributed by atoms with van der Waals surface area (Å²) < 4.78 is 114. The lowest BCUT2D eigenvalue weighted by molar-refractivity contribution is -0.150. The van der Waals surface area contributed by atoms with Gasteiger partial charge in [-0.3, -0.25) is 0 Å². The Balaban J connectivity index is 2.21. The van der Waals surface area contributed by atoms with Gasteiger partial charge in [0.2, 0.25) is 0 Å². The average molecular weight is 433 g/mol. The Morgan fingerprint density at radius 3 is 1.50 bits per heavy atom. The van der Waals surface area contributed by atoms with Gasteiger partial charge >= 0.3 is 18.5 Å². The van der Waals surface area contributed by atoms with E-state index in [0.29, 0.717) is 12.1 Å². The molecule has 0 spiro atoms. The number of rotatable bonds is 2. The number of alkyl halides is 9. The van der Waals surface area contributed by atoms with Crippen molar-refractivity contribution < 1.29 is 39.5 Å². The smallest absolute Gasteiger partial charge is 0.332 e. The SMILES string of the molecule is FC(F)(F)c1ccc(NC(=S)Nc2cc(C(F)(F)F)nc(C(F)(F)F)c2)cc1. The van der Waals surface area contributed by atoms with Crippen LogP contribution in [-0.4, -0.2) is 10.1 Å². The highest BCUT2D eigenvalue weighted by Crippen LogP contribution is 2.35. The van der Waals surface area contributed by atoms with Gasteiger partial charge in [0.15, 0.2) is 5.11 Å². The maximum atomic E-state index is 12.8. The van der Waals surface area contributed by atoms with Crippen molar-refractivity contribution in [3.05, 3.63) is 53.3 Å². The molecule has 0 aliphatic heterocycles. The van der Waals surface area contributed by atoms with Crippen LogP contribution in [0.1, 0.15) is 17.0 Å². The Morgan fingerprint density at radius 1 is 0.679 bits per heavy atom. The van der Waals surface area contributed by atoms with Crippen molar-refractivity contribution >= 4 is 28.7 Å². The van der Waals surface area contributed by atoms with Gasteiger partial charge in [-0.25, -0.2) is 4.98 Å². The second-order valence-electron chi connectivity index (χ2n) is 5.28. The van der Waals surface area contributed by atoms with Crippen molar-refractivity contribution in [3.8, 4) is 0 Å². The van der Waals surface area contributed by atoms with E-state index in [0.717, 1.165) is 24.3 Å². The number of aromatic nitrogens is 1. The summed E-state index contributed by atoms with van der Waals surface area (Å²) in [5, 5.41) is 4.04. The van der Waals surface area contributed by atoms with Crippen LogP contribution >= 0.6 is 12.2 Å². The Kier molecular flexibility index (Phi) is 5.78. The fourth-order valence-electron chi connectivity index (χ4n) is 1.93. The zero-order valence-corrected chi connectivity index (χ0v) is 14.0. The number of pyridine rings is 1. The molecule has 0 saturated heterocycles. The van der Waals surface area contributed by atoms with Gasteiger partial charge < -0.3 is 10.6 Å². The largest absolute Gasteiger partial charge is 0.433 e. The first-order chi connectivity index (χ1) is 12.7. The van der Waals surface area contributed by atoms with Gasteiger partial charge in [0.05, 0.1) is 5.56 Å². The molecule has 0 radical (unpaired) electrons. The number of halogens is 9. The first kappa shape index (κ1) is 21.7. The second kappa shape index (κ2) is 7.45. The molecule has 0 unspecified atom stereocenters. The molecule has 0 aliphatic rings. The predicted octanol–water partition coefficient (Wildman–Crippen LogP) is 5.95. The lowest BCUT2D eigenvalue weighted by atomic mass is 10.2. The van der Waals surface area contributed by atoms with Gasteiger partial charge in [-0.05, 0) is 48.6 Å². The van der Waals surface area contributed by atoms with E-state index in [1.165, 1.54) is 0 Å². The lowest BCUT2D eigenvalue weighted by Gasteiger charge is -2.15. The van der Waals surface area contributed by atoms with Crippen LogP contribution in [0.2, 0.25) is 0 Å². The number of benzene rings is 1. The Hall–Kier alpha value is -2.57. The van der Waals surface area contributed by atoms with E-state index in [9.17, 15) is 39.5 Å². The highest BCUT2D eigenvalue weighted by atomic mass is 32.1. The molecule has 3 nitrogen and oxygen atoms in total. The van der Waals surface area contributed by atoms with Crippen LogP contribution in [0.15, 0.2) is 36.4 Å². The lowest BCUT2D eigenvalue weighted by Crippen LogP contribution is -2.21. The van der Waals surface area contributed by atoms with Crippen molar-refractivity contribution in [2.24, 2.45) is 0 Å².